The molecule has 0 saturated carbocycles. The van der Waals surface area contributed by atoms with Gasteiger partial charge in [-0.15, -0.1) is 0 Å². The normalized spacial score (nSPS) is 16.5. The zero-order valence-electron chi connectivity index (χ0n) is 11.1. The molecule has 5 nitrogen and oxygen atoms in total. The van der Waals surface area contributed by atoms with Crippen LogP contribution in [-0.4, -0.2) is 29.1 Å². The van der Waals surface area contributed by atoms with E-state index in [-0.39, 0.29) is 5.92 Å². The van der Waals surface area contributed by atoms with Crippen LogP contribution < -0.4 is 10.6 Å². The lowest BCUT2D eigenvalue weighted by molar-refractivity contribution is -0.142. The van der Waals surface area contributed by atoms with Gasteiger partial charge in [-0.3, -0.25) is 4.79 Å². The molecule has 0 spiro atoms. The molecule has 2 heterocycles. The lowest BCUT2D eigenvalue weighted by Crippen LogP contribution is -2.36. The molecule has 1 fully saturated rings. The maximum Gasteiger partial charge on any atom is 0.306 e. The first-order valence-corrected chi connectivity index (χ1v) is 6.78. The summed E-state index contributed by atoms with van der Waals surface area (Å²) in [5.41, 5.74) is 6.79. The van der Waals surface area contributed by atoms with Gasteiger partial charge >= 0.3 is 5.97 Å². The number of carbonyl (C=O) groups is 1. The van der Waals surface area contributed by atoms with Crippen LogP contribution >= 0.6 is 0 Å². The van der Waals surface area contributed by atoms with Crippen molar-refractivity contribution in [1.82, 2.24) is 4.98 Å². The van der Waals surface area contributed by atoms with E-state index in [1.807, 2.05) is 24.3 Å². The number of nitrogens with two attached hydrogens (primary N) is 1. The Labute approximate surface area is 117 Å². The minimum atomic E-state index is -0.699. The second kappa shape index (κ2) is 5.00. The lowest BCUT2D eigenvalue weighted by Gasteiger charge is -2.31. The second-order valence-electron chi connectivity index (χ2n) is 5.18. The number of anilines is 2. The maximum absolute atomic E-state index is 11.0. The Balaban J connectivity index is 1.94. The first-order chi connectivity index (χ1) is 9.66. The number of pyridine rings is 1. The van der Waals surface area contributed by atoms with Crippen LogP contribution in [0.5, 0.6) is 0 Å². The molecular formula is C15H17N3O2. The molecular weight excluding hydrogens is 254 g/mol. The van der Waals surface area contributed by atoms with Gasteiger partial charge in [0.2, 0.25) is 0 Å². The van der Waals surface area contributed by atoms with Crippen molar-refractivity contribution in [3.05, 3.63) is 30.5 Å². The van der Waals surface area contributed by atoms with Gasteiger partial charge in [-0.1, -0.05) is 12.1 Å². The molecule has 0 atom stereocenters. The fourth-order valence-electron chi connectivity index (χ4n) is 2.82. The number of fused-ring (bicyclic) bond motifs is 1. The van der Waals surface area contributed by atoms with Gasteiger partial charge in [-0.25, -0.2) is 4.98 Å². The van der Waals surface area contributed by atoms with Crippen LogP contribution in [0, 0.1) is 5.92 Å². The van der Waals surface area contributed by atoms with Gasteiger partial charge in [0.05, 0.1) is 5.92 Å². The average Bonchev–Trinajstić information content (AvgIpc) is 2.47. The molecule has 0 aliphatic carbocycles. The zero-order chi connectivity index (χ0) is 14.1. The summed E-state index contributed by atoms with van der Waals surface area (Å²) in [5, 5.41) is 11.1. The van der Waals surface area contributed by atoms with Crippen LogP contribution in [0.4, 0.5) is 11.5 Å². The van der Waals surface area contributed by atoms with E-state index < -0.39 is 5.97 Å². The molecule has 1 saturated heterocycles. The van der Waals surface area contributed by atoms with Crippen molar-refractivity contribution in [2.75, 3.05) is 23.7 Å². The number of rotatable bonds is 2. The van der Waals surface area contributed by atoms with Crippen molar-refractivity contribution in [2.45, 2.75) is 12.8 Å². The van der Waals surface area contributed by atoms with Gasteiger partial charge in [0.25, 0.3) is 0 Å². The third-order valence-corrected chi connectivity index (χ3v) is 3.95. The Bertz CT molecular complexity index is 643. The maximum atomic E-state index is 11.0. The molecule has 104 valence electrons. The van der Waals surface area contributed by atoms with Crippen molar-refractivity contribution in [1.29, 1.82) is 0 Å². The number of hydrogen-bond acceptors (Lipinski definition) is 4. The van der Waals surface area contributed by atoms with Gasteiger partial charge in [0.1, 0.15) is 5.82 Å². The van der Waals surface area contributed by atoms with Crippen LogP contribution in [0.2, 0.25) is 0 Å². The van der Waals surface area contributed by atoms with Crippen LogP contribution in [0.25, 0.3) is 10.8 Å². The van der Waals surface area contributed by atoms with Crippen LogP contribution in [0.3, 0.4) is 0 Å². The molecule has 3 N–H and O–H groups in total. The monoisotopic (exact) mass is 271 g/mol. The van der Waals surface area contributed by atoms with Crippen molar-refractivity contribution in [3.63, 3.8) is 0 Å². The molecule has 20 heavy (non-hydrogen) atoms. The predicted octanol–water partition coefficient (Wildman–Crippen LogP) is 2.12. The first kappa shape index (κ1) is 12.7. The predicted molar refractivity (Wildman–Crippen MR) is 78.7 cm³/mol. The molecule has 1 aromatic heterocycles. The van der Waals surface area contributed by atoms with Crippen molar-refractivity contribution in [2.24, 2.45) is 5.92 Å². The fraction of sp³-hybridized carbons (Fsp3) is 0.333. The van der Waals surface area contributed by atoms with E-state index in [4.69, 9.17) is 10.8 Å². The number of nitrogens with zero attached hydrogens (tertiary/aromatic N) is 2. The van der Waals surface area contributed by atoms with Gasteiger partial charge in [0.15, 0.2) is 0 Å². The number of hydrogen-bond donors (Lipinski definition) is 2. The Kier molecular flexibility index (Phi) is 3.18. The largest absolute Gasteiger partial charge is 0.481 e. The SMILES string of the molecule is Nc1cccc2ccnc(N3CCC(C(=O)O)CC3)c12. The fourth-order valence-corrected chi connectivity index (χ4v) is 2.82. The highest BCUT2D eigenvalue weighted by Gasteiger charge is 2.26. The minimum absolute atomic E-state index is 0.237. The standard InChI is InChI=1S/C15H17N3O2/c16-12-3-1-2-10-4-7-17-14(13(10)12)18-8-5-11(6-9-18)15(19)20/h1-4,7,11H,5-6,8-9,16H2,(H,19,20). The first-order valence-electron chi connectivity index (χ1n) is 6.78. The number of carboxylic acid groups (broad SMARTS) is 1. The van der Waals surface area contributed by atoms with Gasteiger partial charge < -0.3 is 15.7 Å². The van der Waals surface area contributed by atoms with Crippen LogP contribution in [0.15, 0.2) is 30.5 Å². The number of piperidine rings is 1. The smallest absolute Gasteiger partial charge is 0.306 e. The Morgan fingerprint density at radius 3 is 2.75 bits per heavy atom. The summed E-state index contributed by atoms with van der Waals surface area (Å²) in [7, 11) is 0. The molecule has 5 heteroatoms. The van der Waals surface area contributed by atoms with E-state index in [0.29, 0.717) is 31.6 Å². The minimum Gasteiger partial charge on any atom is -0.481 e. The van der Waals surface area contributed by atoms with Crippen LogP contribution in [-0.2, 0) is 4.79 Å². The Hall–Kier alpha value is -2.30. The average molecular weight is 271 g/mol. The molecule has 1 aromatic carbocycles. The van der Waals surface area contributed by atoms with E-state index in [1.54, 1.807) is 6.20 Å². The summed E-state index contributed by atoms with van der Waals surface area (Å²) in [4.78, 5) is 17.6. The topological polar surface area (TPSA) is 79.5 Å². The highest BCUT2D eigenvalue weighted by molar-refractivity contribution is 6.01. The third kappa shape index (κ3) is 2.15. The Morgan fingerprint density at radius 1 is 1.30 bits per heavy atom. The van der Waals surface area contributed by atoms with Gasteiger partial charge in [0, 0.05) is 30.4 Å². The summed E-state index contributed by atoms with van der Waals surface area (Å²) >= 11 is 0. The second-order valence-corrected chi connectivity index (χ2v) is 5.18. The molecule has 3 rings (SSSR count). The zero-order valence-corrected chi connectivity index (χ0v) is 11.1. The highest BCUT2D eigenvalue weighted by atomic mass is 16.4. The number of carboxylic acids is 1. The summed E-state index contributed by atoms with van der Waals surface area (Å²) in [5.74, 6) is -0.0712. The van der Waals surface area contributed by atoms with E-state index in [1.165, 1.54) is 0 Å². The lowest BCUT2D eigenvalue weighted by atomic mass is 9.96. The summed E-state index contributed by atoms with van der Waals surface area (Å²) in [6.07, 6.45) is 3.08. The van der Waals surface area contributed by atoms with E-state index in [9.17, 15) is 4.79 Å². The van der Waals surface area contributed by atoms with Crippen LogP contribution in [0.1, 0.15) is 12.8 Å². The number of aliphatic carboxylic acids is 1. The number of benzene rings is 1. The highest BCUT2D eigenvalue weighted by Crippen LogP contribution is 2.31. The number of nitrogen functional groups attached to an aromatic ring is 1. The quantitative estimate of drug-likeness (QED) is 0.818. The van der Waals surface area contributed by atoms with E-state index in [0.717, 1.165) is 16.6 Å². The molecule has 0 radical (unpaired) electrons. The van der Waals surface area contributed by atoms with Crippen molar-refractivity contribution < 1.29 is 9.90 Å². The summed E-state index contributed by atoms with van der Waals surface area (Å²) in [6, 6.07) is 7.76. The van der Waals surface area contributed by atoms with Gasteiger partial charge in [-0.2, -0.15) is 0 Å². The molecule has 0 unspecified atom stereocenters. The summed E-state index contributed by atoms with van der Waals surface area (Å²) < 4.78 is 0. The van der Waals surface area contributed by atoms with E-state index >= 15 is 0 Å². The molecule has 1 aliphatic rings. The van der Waals surface area contributed by atoms with Gasteiger partial charge in [-0.05, 0) is 30.4 Å². The Morgan fingerprint density at radius 2 is 2.05 bits per heavy atom. The molecule has 1 aliphatic heterocycles. The van der Waals surface area contributed by atoms with E-state index in [2.05, 4.69) is 9.88 Å². The molecule has 2 aromatic rings. The third-order valence-electron chi connectivity index (χ3n) is 3.95. The van der Waals surface area contributed by atoms with Crippen molar-refractivity contribution >= 4 is 28.2 Å². The molecule has 0 bridgehead atoms. The summed E-state index contributed by atoms with van der Waals surface area (Å²) in [6.45, 7) is 1.41. The van der Waals surface area contributed by atoms with Crippen molar-refractivity contribution in [3.8, 4) is 0 Å². The number of aromatic nitrogens is 1. The molecule has 0 amide bonds.